The summed E-state index contributed by atoms with van der Waals surface area (Å²) in [5, 5.41) is 6.42. The molecule has 0 aliphatic rings. The molecular formula is C13H9F6N3S. The topological polar surface area (TPSA) is 29.9 Å². The zero-order chi connectivity index (χ0) is 17.3. The Morgan fingerprint density at radius 2 is 1.78 bits per heavy atom. The maximum Gasteiger partial charge on any atom is 0.416 e. The first-order valence-corrected chi connectivity index (χ1v) is 6.59. The van der Waals surface area contributed by atoms with E-state index in [0.717, 1.165) is 10.2 Å². The molecule has 0 fully saturated rings. The minimum atomic E-state index is -4.76. The van der Waals surface area contributed by atoms with Crippen LogP contribution in [0.1, 0.15) is 16.7 Å². The van der Waals surface area contributed by atoms with Crippen LogP contribution in [-0.4, -0.2) is 15.3 Å². The molecule has 0 saturated carbocycles. The van der Waals surface area contributed by atoms with Crippen molar-refractivity contribution < 1.29 is 26.3 Å². The number of anilines is 1. The van der Waals surface area contributed by atoms with Gasteiger partial charge in [0.2, 0.25) is 0 Å². The van der Waals surface area contributed by atoms with Crippen LogP contribution in [0.3, 0.4) is 0 Å². The van der Waals surface area contributed by atoms with Gasteiger partial charge in [-0.2, -0.15) is 31.4 Å². The number of aromatic nitrogens is 2. The molecule has 1 heterocycles. The van der Waals surface area contributed by atoms with Crippen LogP contribution >= 0.6 is 12.2 Å². The number of benzene rings is 1. The van der Waals surface area contributed by atoms with Crippen molar-refractivity contribution in [3.05, 3.63) is 47.2 Å². The van der Waals surface area contributed by atoms with Gasteiger partial charge in [0.25, 0.3) is 0 Å². The second-order valence-electron chi connectivity index (χ2n) is 4.53. The molecule has 0 unspecified atom stereocenters. The molecule has 0 atom stereocenters. The monoisotopic (exact) mass is 353 g/mol. The molecule has 0 bridgehead atoms. The fourth-order valence-electron chi connectivity index (χ4n) is 1.94. The first kappa shape index (κ1) is 17.3. The molecule has 0 amide bonds. The standard InChI is InChI=1S/C13H9F6N3S/c14-12(15,16)9-1-2-10(13(17,18)19)8(5-9)6-22-4-3-11(21-22)20-7-23/h1-5,7H,6H2,(H,20,21,23). The predicted octanol–water partition coefficient (Wildman–Crippen LogP) is 4.34. The number of rotatable bonds is 4. The third kappa shape index (κ3) is 4.21. The molecule has 0 spiro atoms. The fraction of sp³-hybridized carbons (Fsp3) is 0.231. The molecule has 10 heteroatoms. The van der Waals surface area contributed by atoms with E-state index in [1.54, 1.807) is 0 Å². The Labute approximate surface area is 131 Å². The largest absolute Gasteiger partial charge is 0.416 e. The van der Waals surface area contributed by atoms with Gasteiger partial charge in [0, 0.05) is 12.3 Å². The fourth-order valence-corrected chi connectivity index (χ4v) is 2.06. The van der Waals surface area contributed by atoms with Gasteiger partial charge < -0.3 is 5.32 Å². The van der Waals surface area contributed by atoms with E-state index >= 15 is 0 Å². The molecule has 1 aromatic heterocycles. The lowest BCUT2D eigenvalue weighted by Gasteiger charge is -2.15. The molecule has 2 rings (SSSR count). The average molecular weight is 353 g/mol. The van der Waals surface area contributed by atoms with Gasteiger partial charge in [0.15, 0.2) is 5.82 Å². The van der Waals surface area contributed by atoms with Gasteiger partial charge in [-0.05, 0) is 23.8 Å². The number of thiocarbonyl (C=S) groups is 1. The lowest BCUT2D eigenvalue weighted by Crippen LogP contribution is -2.15. The molecule has 0 radical (unpaired) electrons. The van der Waals surface area contributed by atoms with Crippen LogP contribution in [0, 0.1) is 0 Å². The maximum absolute atomic E-state index is 13.0. The van der Waals surface area contributed by atoms with Crippen LogP contribution in [-0.2, 0) is 18.9 Å². The number of halogens is 6. The number of nitrogens with one attached hydrogen (secondary N) is 1. The summed E-state index contributed by atoms with van der Waals surface area (Å²) >= 11 is 4.54. The lowest BCUT2D eigenvalue weighted by molar-refractivity contribution is -0.141. The van der Waals surface area contributed by atoms with Gasteiger partial charge in [-0.3, -0.25) is 4.68 Å². The van der Waals surface area contributed by atoms with Crippen molar-refractivity contribution in [2.24, 2.45) is 0 Å². The summed E-state index contributed by atoms with van der Waals surface area (Å²) in [5.41, 5.74) is -1.66. The highest BCUT2D eigenvalue weighted by Gasteiger charge is 2.37. The van der Waals surface area contributed by atoms with Crippen LogP contribution in [0.5, 0.6) is 0 Å². The third-order valence-electron chi connectivity index (χ3n) is 2.92. The first-order chi connectivity index (χ1) is 10.6. The number of nitrogens with zero attached hydrogens (tertiary/aromatic N) is 2. The quantitative estimate of drug-likeness (QED) is 0.655. The first-order valence-electron chi connectivity index (χ1n) is 6.12. The highest BCUT2D eigenvalue weighted by Crippen LogP contribution is 2.36. The normalized spacial score (nSPS) is 12.3. The number of hydrogen-bond acceptors (Lipinski definition) is 2. The van der Waals surface area contributed by atoms with Gasteiger partial charge in [-0.25, -0.2) is 0 Å². The SMILES string of the molecule is FC(F)(F)c1ccc(C(F)(F)F)c(Cn2ccc(NC=S)n2)c1. The van der Waals surface area contributed by atoms with E-state index in [1.807, 2.05) is 0 Å². The summed E-state index contributed by atoms with van der Waals surface area (Å²) < 4.78 is 78.1. The second-order valence-corrected chi connectivity index (χ2v) is 4.76. The molecule has 3 nitrogen and oxygen atoms in total. The Balaban J connectivity index is 2.42. The maximum atomic E-state index is 13.0. The summed E-state index contributed by atoms with van der Waals surface area (Å²) in [6.07, 6.45) is -8.16. The van der Waals surface area contributed by atoms with Crippen LogP contribution < -0.4 is 5.32 Å². The van der Waals surface area contributed by atoms with Crippen molar-refractivity contribution in [2.45, 2.75) is 18.9 Å². The van der Waals surface area contributed by atoms with Gasteiger partial charge in [-0.15, -0.1) is 0 Å². The smallest absolute Gasteiger partial charge is 0.336 e. The summed E-state index contributed by atoms with van der Waals surface area (Å²) in [6, 6.07) is 2.76. The van der Waals surface area contributed by atoms with Crippen molar-refractivity contribution in [3.8, 4) is 0 Å². The molecule has 23 heavy (non-hydrogen) atoms. The molecular weight excluding hydrogens is 344 g/mol. The summed E-state index contributed by atoms with van der Waals surface area (Å²) in [4.78, 5) is 0. The third-order valence-corrected chi connectivity index (χ3v) is 3.04. The molecule has 2 aromatic rings. The Hall–Kier alpha value is -2.10. The molecule has 0 aliphatic carbocycles. The van der Waals surface area contributed by atoms with E-state index in [2.05, 4.69) is 22.6 Å². The molecule has 0 saturated heterocycles. The predicted molar refractivity (Wildman–Crippen MR) is 75.1 cm³/mol. The Morgan fingerprint density at radius 1 is 1.09 bits per heavy atom. The van der Waals surface area contributed by atoms with E-state index in [-0.39, 0.29) is 5.82 Å². The molecule has 0 aliphatic heterocycles. The second kappa shape index (κ2) is 6.19. The highest BCUT2D eigenvalue weighted by atomic mass is 32.1. The van der Waals surface area contributed by atoms with E-state index < -0.39 is 35.6 Å². The highest BCUT2D eigenvalue weighted by molar-refractivity contribution is 7.79. The minimum absolute atomic E-state index is 0.278. The average Bonchev–Trinajstić information content (AvgIpc) is 2.84. The molecule has 124 valence electrons. The van der Waals surface area contributed by atoms with Crippen molar-refractivity contribution in [1.82, 2.24) is 9.78 Å². The Bertz CT molecular complexity index is 704. The van der Waals surface area contributed by atoms with Crippen LogP contribution in [0.4, 0.5) is 32.2 Å². The van der Waals surface area contributed by atoms with Gasteiger partial charge in [-0.1, -0.05) is 12.2 Å². The Kier molecular flexibility index (Phi) is 4.64. The van der Waals surface area contributed by atoms with Gasteiger partial charge in [0.05, 0.1) is 23.2 Å². The Morgan fingerprint density at radius 3 is 2.35 bits per heavy atom. The minimum Gasteiger partial charge on any atom is -0.336 e. The van der Waals surface area contributed by atoms with E-state index in [1.165, 1.54) is 12.3 Å². The van der Waals surface area contributed by atoms with Crippen LogP contribution in [0.25, 0.3) is 0 Å². The number of alkyl halides is 6. The van der Waals surface area contributed by atoms with Crippen molar-refractivity contribution >= 4 is 23.5 Å². The zero-order valence-corrected chi connectivity index (χ0v) is 12.1. The van der Waals surface area contributed by atoms with E-state index in [4.69, 9.17) is 0 Å². The molecule has 1 aromatic carbocycles. The zero-order valence-electron chi connectivity index (χ0n) is 11.2. The van der Waals surface area contributed by atoms with Crippen LogP contribution in [0.15, 0.2) is 30.5 Å². The van der Waals surface area contributed by atoms with Gasteiger partial charge in [0.1, 0.15) is 0 Å². The summed E-state index contributed by atoms with van der Waals surface area (Å²) in [7, 11) is 0. The van der Waals surface area contributed by atoms with Crippen molar-refractivity contribution in [2.75, 3.05) is 5.32 Å². The van der Waals surface area contributed by atoms with Crippen molar-refractivity contribution in [1.29, 1.82) is 0 Å². The van der Waals surface area contributed by atoms with E-state index in [9.17, 15) is 26.3 Å². The number of hydrogen-bond donors (Lipinski definition) is 1. The summed E-state index contributed by atoms with van der Waals surface area (Å²) in [5.74, 6) is 0.278. The lowest BCUT2D eigenvalue weighted by atomic mass is 10.0. The van der Waals surface area contributed by atoms with Crippen LogP contribution in [0.2, 0.25) is 0 Å². The van der Waals surface area contributed by atoms with Crippen molar-refractivity contribution in [3.63, 3.8) is 0 Å². The van der Waals surface area contributed by atoms with Gasteiger partial charge >= 0.3 is 12.4 Å². The molecule has 1 N–H and O–H groups in total. The van der Waals surface area contributed by atoms with E-state index in [0.29, 0.717) is 18.2 Å². The summed E-state index contributed by atoms with van der Waals surface area (Å²) in [6.45, 7) is -0.460.